The molecule has 2 aliphatic heterocycles. The minimum atomic E-state index is -5.70. The van der Waals surface area contributed by atoms with Gasteiger partial charge in [-0.25, -0.2) is 0 Å². The molecule has 202 valence electrons. The molecule has 0 saturated carbocycles. The van der Waals surface area contributed by atoms with Crippen LogP contribution in [0.3, 0.4) is 0 Å². The quantitative estimate of drug-likeness (QED) is 0.226. The van der Waals surface area contributed by atoms with Gasteiger partial charge in [-0.1, -0.05) is 36.4 Å². The van der Waals surface area contributed by atoms with Gasteiger partial charge < -0.3 is 9.13 Å². The maximum absolute atomic E-state index is 13.3. The van der Waals surface area contributed by atoms with E-state index in [0.717, 1.165) is 27.5 Å². The van der Waals surface area contributed by atoms with Crippen LogP contribution in [-0.2, 0) is 43.9 Å². The third-order valence-electron chi connectivity index (χ3n) is 7.40. The lowest BCUT2D eigenvalue weighted by Crippen LogP contribution is -2.30. The number of hydrogen-bond acceptors (Lipinski definition) is 5. The van der Waals surface area contributed by atoms with Crippen molar-refractivity contribution in [2.45, 2.75) is 24.9 Å². The minimum absolute atomic E-state index is 0.190. The van der Waals surface area contributed by atoms with Gasteiger partial charge in [0.05, 0.1) is 17.8 Å². The van der Waals surface area contributed by atoms with Crippen molar-refractivity contribution in [2.75, 3.05) is 6.61 Å². The van der Waals surface area contributed by atoms with Crippen molar-refractivity contribution in [3.05, 3.63) is 71.5 Å². The molecule has 2 aliphatic rings. The number of nitrogens with one attached hydrogen (secondary N) is 1. The Morgan fingerprint density at radius 3 is 2.33 bits per heavy atom. The molecule has 8 nitrogen and oxygen atoms in total. The molecule has 0 spiro atoms. The van der Waals surface area contributed by atoms with E-state index in [1.807, 2.05) is 58.8 Å². The first kappa shape index (κ1) is 25.4. The normalized spacial score (nSPS) is 18.3. The SMILES string of the molecule is Cn1cc(C2=C(c3c4n(c5ccccc35)CC(COS(=O)(=O)C(F)(F)F)CC4)C(=O)NC2=O)c2ccccc21. The van der Waals surface area contributed by atoms with E-state index in [1.54, 1.807) is 12.1 Å². The molecule has 0 aliphatic carbocycles. The topological polar surface area (TPSA) is 99.4 Å². The lowest BCUT2D eigenvalue weighted by Gasteiger charge is -2.26. The zero-order valence-corrected chi connectivity index (χ0v) is 21.4. The van der Waals surface area contributed by atoms with Gasteiger partial charge in [0.1, 0.15) is 0 Å². The van der Waals surface area contributed by atoms with Crippen LogP contribution in [0, 0.1) is 5.92 Å². The number of amides is 2. The van der Waals surface area contributed by atoms with Gasteiger partial charge in [0.15, 0.2) is 0 Å². The molecular weight excluding hydrogens is 535 g/mol. The Hall–Kier alpha value is -3.90. The molecule has 2 aromatic carbocycles. The summed E-state index contributed by atoms with van der Waals surface area (Å²) in [6.07, 6.45) is 2.50. The van der Waals surface area contributed by atoms with E-state index < -0.39 is 40.0 Å². The Morgan fingerprint density at radius 2 is 1.62 bits per heavy atom. The Labute approximate surface area is 220 Å². The van der Waals surface area contributed by atoms with Crippen molar-refractivity contribution in [3.63, 3.8) is 0 Å². The van der Waals surface area contributed by atoms with Crippen LogP contribution < -0.4 is 5.32 Å². The minimum Gasteiger partial charge on any atom is -0.350 e. The Morgan fingerprint density at radius 1 is 0.974 bits per heavy atom. The van der Waals surface area contributed by atoms with Crippen molar-refractivity contribution in [2.24, 2.45) is 13.0 Å². The van der Waals surface area contributed by atoms with Crippen molar-refractivity contribution in [1.29, 1.82) is 0 Å². The molecule has 1 unspecified atom stereocenters. The van der Waals surface area contributed by atoms with Gasteiger partial charge in [0.2, 0.25) is 0 Å². The number of alkyl halides is 3. The highest BCUT2D eigenvalue weighted by atomic mass is 32.2. The summed E-state index contributed by atoms with van der Waals surface area (Å²) in [6.45, 7) is -0.429. The van der Waals surface area contributed by atoms with E-state index in [4.69, 9.17) is 0 Å². The highest BCUT2D eigenvalue weighted by Gasteiger charge is 2.47. The van der Waals surface area contributed by atoms with E-state index >= 15 is 0 Å². The van der Waals surface area contributed by atoms with E-state index in [1.165, 1.54) is 0 Å². The Balaban J connectivity index is 1.49. The molecular formula is C27H22F3N3O5S. The summed E-state index contributed by atoms with van der Waals surface area (Å²) in [4.78, 5) is 26.5. The number of imide groups is 1. The standard InChI is InChI=1S/C27H22F3N3O5S/c1-32-13-18(16-6-2-4-8-19(16)32)23-24(26(35)31-25(23)34)22-17-7-3-5-9-20(17)33-12-15(10-11-21(22)33)14-38-39(36,37)27(28,29)30/h2-9,13,15H,10-12,14H2,1H3,(H,31,34,35). The van der Waals surface area contributed by atoms with Crippen LogP contribution in [0.4, 0.5) is 13.2 Å². The molecule has 0 saturated heterocycles. The van der Waals surface area contributed by atoms with Crippen LogP contribution in [-0.4, -0.2) is 41.5 Å². The second-order valence-corrected chi connectivity index (χ2v) is 11.3. The van der Waals surface area contributed by atoms with Gasteiger partial charge in [-0.15, -0.1) is 0 Å². The predicted octanol–water partition coefficient (Wildman–Crippen LogP) is 4.13. The van der Waals surface area contributed by atoms with Crippen molar-refractivity contribution >= 4 is 54.9 Å². The van der Waals surface area contributed by atoms with Gasteiger partial charge in [-0.3, -0.25) is 19.1 Å². The third kappa shape index (κ3) is 3.97. The fraction of sp³-hybridized carbons (Fsp3) is 0.259. The zero-order chi connectivity index (χ0) is 27.7. The van der Waals surface area contributed by atoms with Crippen molar-refractivity contribution in [3.8, 4) is 0 Å². The summed E-state index contributed by atoms with van der Waals surface area (Å²) in [7, 11) is -3.84. The number of aromatic nitrogens is 2. The lowest BCUT2D eigenvalue weighted by molar-refractivity contribution is -0.122. The number of aryl methyl sites for hydroxylation is 1. The Kier molecular flexibility index (Phi) is 5.74. The number of carbonyl (C=O) groups is 2. The van der Waals surface area contributed by atoms with Gasteiger partial charge in [0, 0.05) is 64.3 Å². The summed E-state index contributed by atoms with van der Waals surface area (Å²) in [5, 5.41) is 3.98. The molecule has 1 N–H and O–H groups in total. The van der Waals surface area contributed by atoms with E-state index in [2.05, 4.69) is 9.50 Å². The molecule has 2 amide bonds. The summed E-state index contributed by atoms with van der Waals surface area (Å²) in [5.41, 5.74) is -1.40. The first-order chi connectivity index (χ1) is 18.5. The lowest BCUT2D eigenvalue weighted by atomic mass is 9.91. The average molecular weight is 558 g/mol. The molecule has 6 rings (SSSR count). The van der Waals surface area contributed by atoms with E-state index in [9.17, 15) is 31.2 Å². The van der Waals surface area contributed by atoms with Gasteiger partial charge >= 0.3 is 15.6 Å². The number of carbonyl (C=O) groups excluding carboxylic acids is 2. The van der Waals surface area contributed by atoms with Crippen molar-refractivity contribution in [1.82, 2.24) is 14.5 Å². The monoisotopic (exact) mass is 557 g/mol. The number of benzene rings is 2. The highest BCUT2D eigenvalue weighted by Crippen LogP contribution is 2.43. The number of halogens is 3. The second kappa shape index (κ2) is 8.82. The zero-order valence-electron chi connectivity index (χ0n) is 20.6. The second-order valence-electron chi connectivity index (χ2n) is 9.74. The molecule has 39 heavy (non-hydrogen) atoms. The molecule has 4 heterocycles. The van der Waals surface area contributed by atoms with Crippen LogP contribution in [0.15, 0.2) is 54.7 Å². The molecule has 2 aromatic heterocycles. The fourth-order valence-corrected chi connectivity index (χ4v) is 6.18. The van der Waals surface area contributed by atoms with Crippen LogP contribution in [0.5, 0.6) is 0 Å². The summed E-state index contributed by atoms with van der Waals surface area (Å²) >= 11 is 0. The molecule has 0 bridgehead atoms. The maximum atomic E-state index is 13.3. The number of nitrogens with zero attached hydrogens (tertiary/aromatic N) is 2. The molecule has 0 radical (unpaired) electrons. The summed E-state index contributed by atoms with van der Waals surface area (Å²) in [6, 6.07) is 14.8. The number of para-hydroxylation sites is 2. The third-order valence-corrected chi connectivity index (χ3v) is 8.41. The van der Waals surface area contributed by atoms with Crippen LogP contribution in [0.2, 0.25) is 0 Å². The van der Waals surface area contributed by atoms with Crippen LogP contribution in [0.1, 0.15) is 23.2 Å². The molecule has 1 atom stereocenters. The highest BCUT2D eigenvalue weighted by molar-refractivity contribution is 7.87. The number of fused-ring (bicyclic) bond motifs is 4. The first-order valence-electron chi connectivity index (χ1n) is 12.2. The van der Waals surface area contributed by atoms with Crippen LogP contribution >= 0.6 is 0 Å². The predicted molar refractivity (Wildman–Crippen MR) is 138 cm³/mol. The molecule has 0 fully saturated rings. The van der Waals surface area contributed by atoms with Gasteiger partial charge in [0.25, 0.3) is 11.8 Å². The first-order valence-corrected chi connectivity index (χ1v) is 13.6. The van der Waals surface area contributed by atoms with Gasteiger partial charge in [-0.2, -0.15) is 21.6 Å². The summed E-state index contributed by atoms with van der Waals surface area (Å²) in [5.74, 6) is -1.54. The van der Waals surface area contributed by atoms with Gasteiger partial charge in [-0.05, 0) is 25.0 Å². The van der Waals surface area contributed by atoms with E-state index in [-0.39, 0.29) is 17.7 Å². The van der Waals surface area contributed by atoms with Crippen molar-refractivity contribution < 1.29 is 35.4 Å². The molecule has 12 heteroatoms. The number of rotatable bonds is 5. The van der Waals surface area contributed by atoms with Crippen LogP contribution in [0.25, 0.3) is 33.0 Å². The Bertz CT molecular complexity index is 1830. The number of hydrogen-bond donors (Lipinski definition) is 1. The maximum Gasteiger partial charge on any atom is 0.523 e. The summed E-state index contributed by atoms with van der Waals surface area (Å²) < 4.78 is 69.2. The fourth-order valence-electron chi connectivity index (χ4n) is 5.67. The molecule has 4 aromatic rings. The smallest absolute Gasteiger partial charge is 0.350 e. The average Bonchev–Trinajstić information content (AvgIpc) is 3.50. The van der Waals surface area contributed by atoms with E-state index in [0.29, 0.717) is 24.0 Å². The largest absolute Gasteiger partial charge is 0.523 e.